The number of nitrogens with one attached hydrogen (secondary N) is 1. The highest BCUT2D eigenvalue weighted by Crippen LogP contribution is 2.28. The van der Waals surface area contributed by atoms with Crippen LogP contribution in [0.25, 0.3) is 0 Å². The van der Waals surface area contributed by atoms with E-state index in [9.17, 15) is 4.79 Å². The van der Waals surface area contributed by atoms with Crippen molar-refractivity contribution >= 4 is 17.5 Å². The smallest absolute Gasteiger partial charge is 0.220 e. The molecule has 0 aromatic heterocycles. The second-order valence-electron chi connectivity index (χ2n) is 4.49. The molecular formula is C13H16ClNO. The summed E-state index contributed by atoms with van der Waals surface area (Å²) in [4.78, 5) is 11.3. The highest BCUT2D eigenvalue weighted by atomic mass is 35.5. The van der Waals surface area contributed by atoms with Crippen LogP contribution in [0, 0.1) is 0 Å². The highest BCUT2D eigenvalue weighted by Gasteiger charge is 2.35. The quantitative estimate of drug-likeness (QED) is 0.861. The second kappa shape index (κ2) is 4.46. The van der Waals surface area contributed by atoms with Gasteiger partial charge in [-0.25, -0.2) is 0 Å². The molecule has 0 spiro atoms. The molecule has 3 heteroatoms. The van der Waals surface area contributed by atoms with E-state index in [0.717, 1.165) is 24.3 Å². The molecule has 1 aromatic rings. The van der Waals surface area contributed by atoms with E-state index in [-0.39, 0.29) is 11.4 Å². The van der Waals surface area contributed by atoms with E-state index in [1.807, 2.05) is 24.3 Å². The zero-order valence-corrected chi connectivity index (χ0v) is 10.2. The van der Waals surface area contributed by atoms with Crippen molar-refractivity contribution < 1.29 is 4.79 Å². The lowest BCUT2D eigenvalue weighted by Gasteiger charge is -2.27. The fourth-order valence-electron chi connectivity index (χ4n) is 2.29. The molecule has 1 heterocycles. The SMILES string of the molecule is CCC1(Cc2ccc(Cl)cc2)CCC(=O)N1. The lowest BCUT2D eigenvalue weighted by atomic mass is 9.87. The molecule has 2 nitrogen and oxygen atoms in total. The van der Waals surface area contributed by atoms with Gasteiger partial charge in [-0.15, -0.1) is 0 Å². The van der Waals surface area contributed by atoms with Crippen LogP contribution in [-0.4, -0.2) is 11.4 Å². The summed E-state index contributed by atoms with van der Waals surface area (Å²) in [7, 11) is 0. The zero-order valence-electron chi connectivity index (χ0n) is 9.42. The Labute approximate surface area is 101 Å². The first kappa shape index (κ1) is 11.5. The summed E-state index contributed by atoms with van der Waals surface area (Å²) < 4.78 is 0. The summed E-state index contributed by atoms with van der Waals surface area (Å²) >= 11 is 5.85. The predicted molar refractivity (Wildman–Crippen MR) is 65.6 cm³/mol. The van der Waals surface area contributed by atoms with E-state index in [1.54, 1.807) is 0 Å². The molecule has 0 bridgehead atoms. The maximum Gasteiger partial charge on any atom is 0.220 e. The van der Waals surface area contributed by atoms with Crippen LogP contribution in [0.2, 0.25) is 5.02 Å². The monoisotopic (exact) mass is 237 g/mol. The molecule has 1 fully saturated rings. The Morgan fingerprint density at radius 3 is 2.56 bits per heavy atom. The molecule has 1 aromatic carbocycles. The second-order valence-corrected chi connectivity index (χ2v) is 4.92. The Kier molecular flexibility index (Phi) is 3.20. The normalized spacial score (nSPS) is 24.5. The number of carbonyl (C=O) groups excluding carboxylic acids is 1. The first-order valence-electron chi connectivity index (χ1n) is 5.69. The highest BCUT2D eigenvalue weighted by molar-refractivity contribution is 6.30. The van der Waals surface area contributed by atoms with Crippen LogP contribution in [0.3, 0.4) is 0 Å². The fraction of sp³-hybridized carbons (Fsp3) is 0.462. The van der Waals surface area contributed by atoms with E-state index < -0.39 is 0 Å². The number of carbonyl (C=O) groups is 1. The van der Waals surface area contributed by atoms with Gasteiger partial charge in [0.25, 0.3) is 0 Å². The third-order valence-electron chi connectivity index (χ3n) is 3.37. The molecule has 1 atom stereocenters. The lowest BCUT2D eigenvalue weighted by molar-refractivity contribution is -0.119. The maximum atomic E-state index is 11.3. The van der Waals surface area contributed by atoms with Gasteiger partial charge in [-0.05, 0) is 37.0 Å². The van der Waals surface area contributed by atoms with Crippen LogP contribution < -0.4 is 5.32 Å². The third-order valence-corrected chi connectivity index (χ3v) is 3.62. The molecule has 0 radical (unpaired) electrons. The number of rotatable bonds is 3. The zero-order chi connectivity index (χ0) is 11.6. The van der Waals surface area contributed by atoms with Gasteiger partial charge in [0.15, 0.2) is 0 Å². The first-order valence-corrected chi connectivity index (χ1v) is 6.07. The Bertz CT molecular complexity index is 387. The summed E-state index contributed by atoms with van der Waals surface area (Å²) in [6, 6.07) is 7.86. The van der Waals surface area contributed by atoms with Gasteiger partial charge in [-0.2, -0.15) is 0 Å². The minimum absolute atomic E-state index is 0.0368. The predicted octanol–water partition coefficient (Wildman–Crippen LogP) is 2.94. The Morgan fingerprint density at radius 1 is 1.38 bits per heavy atom. The number of amides is 1. The molecule has 0 aliphatic carbocycles. The Morgan fingerprint density at radius 2 is 2.06 bits per heavy atom. The molecule has 1 N–H and O–H groups in total. The van der Waals surface area contributed by atoms with Crippen molar-refractivity contribution in [2.75, 3.05) is 0 Å². The van der Waals surface area contributed by atoms with Crippen LogP contribution in [0.1, 0.15) is 31.7 Å². The van der Waals surface area contributed by atoms with Crippen LogP contribution in [0.5, 0.6) is 0 Å². The summed E-state index contributed by atoms with van der Waals surface area (Å²) in [5, 5.41) is 3.86. The van der Waals surface area contributed by atoms with E-state index in [1.165, 1.54) is 5.56 Å². The molecule has 86 valence electrons. The lowest BCUT2D eigenvalue weighted by Crippen LogP contribution is -2.42. The molecular weight excluding hydrogens is 222 g/mol. The Hall–Kier alpha value is -1.02. The van der Waals surface area contributed by atoms with E-state index in [4.69, 9.17) is 11.6 Å². The minimum atomic E-state index is -0.0368. The number of halogens is 1. The number of benzene rings is 1. The summed E-state index contributed by atoms with van der Waals surface area (Å²) in [6.07, 6.45) is 3.46. The van der Waals surface area contributed by atoms with Crippen LogP contribution >= 0.6 is 11.6 Å². The number of hydrogen-bond acceptors (Lipinski definition) is 1. The maximum absolute atomic E-state index is 11.3. The van der Waals surface area contributed by atoms with Crippen LogP contribution in [0.15, 0.2) is 24.3 Å². The van der Waals surface area contributed by atoms with Crippen molar-refractivity contribution in [1.29, 1.82) is 0 Å². The van der Waals surface area contributed by atoms with Gasteiger partial charge in [0.05, 0.1) is 0 Å². The van der Waals surface area contributed by atoms with Gasteiger partial charge in [0.1, 0.15) is 0 Å². The van der Waals surface area contributed by atoms with E-state index >= 15 is 0 Å². The fourth-order valence-corrected chi connectivity index (χ4v) is 2.42. The molecule has 1 aliphatic rings. The van der Waals surface area contributed by atoms with Gasteiger partial charge >= 0.3 is 0 Å². The Balaban J connectivity index is 2.13. The third kappa shape index (κ3) is 2.38. The van der Waals surface area contributed by atoms with Gasteiger partial charge in [0, 0.05) is 17.0 Å². The van der Waals surface area contributed by atoms with Gasteiger partial charge in [-0.1, -0.05) is 30.7 Å². The molecule has 1 unspecified atom stereocenters. The average molecular weight is 238 g/mol. The van der Waals surface area contributed by atoms with E-state index in [0.29, 0.717) is 6.42 Å². The number of hydrogen-bond donors (Lipinski definition) is 1. The minimum Gasteiger partial charge on any atom is -0.350 e. The van der Waals surface area contributed by atoms with Crippen molar-refractivity contribution in [1.82, 2.24) is 5.32 Å². The van der Waals surface area contributed by atoms with Crippen LogP contribution in [0.4, 0.5) is 0 Å². The molecule has 0 saturated carbocycles. The van der Waals surface area contributed by atoms with Crippen molar-refractivity contribution in [2.24, 2.45) is 0 Å². The molecule has 1 saturated heterocycles. The molecule has 1 amide bonds. The van der Waals surface area contributed by atoms with Crippen molar-refractivity contribution in [3.05, 3.63) is 34.9 Å². The van der Waals surface area contributed by atoms with Crippen molar-refractivity contribution in [3.63, 3.8) is 0 Å². The summed E-state index contributed by atoms with van der Waals surface area (Å²) in [6.45, 7) is 2.13. The first-order chi connectivity index (χ1) is 7.63. The molecule has 2 rings (SSSR count). The van der Waals surface area contributed by atoms with Gasteiger partial charge in [-0.3, -0.25) is 4.79 Å². The topological polar surface area (TPSA) is 29.1 Å². The summed E-state index contributed by atoms with van der Waals surface area (Å²) in [5.74, 6) is 0.177. The van der Waals surface area contributed by atoms with Gasteiger partial charge in [0.2, 0.25) is 5.91 Å². The van der Waals surface area contributed by atoms with Crippen molar-refractivity contribution in [3.8, 4) is 0 Å². The standard InChI is InChI=1S/C13H16ClNO/c1-2-13(8-7-12(16)15-13)9-10-3-5-11(14)6-4-10/h3-6H,2,7-9H2,1H3,(H,15,16). The summed E-state index contributed by atoms with van der Waals surface area (Å²) in [5.41, 5.74) is 1.19. The largest absolute Gasteiger partial charge is 0.350 e. The molecule has 1 aliphatic heterocycles. The van der Waals surface area contributed by atoms with Gasteiger partial charge < -0.3 is 5.32 Å². The average Bonchev–Trinajstić information content (AvgIpc) is 2.64. The van der Waals surface area contributed by atoms with Crippen molar-refractivity contribution in [2.45, 2.75) is 38.1 Å². The molecule has 16 heavy (non-hydrogen) atoms. The van der Waals surface area contributed by atoms with E-state index in [2.05, 4.69) is 12.2 Å². The van der Waals surface area contributed by atoms with Crippen LogP contribution in [-0.2, 0) is 11.2 Å².